The smallest absolute Gasteiger partial charge is 0.120 e. The lowest BCUT2D eigenvalue weighted by molar-refractivity contribution is -0.104. The Bertz CT molecular complexity index is 201. The number of aryl methyl sites for hydroxylation is 2. The van der Waals surface area contributed by atoms with Crippen LogP contribution in [-0.4, -0.2) is 6.29 Å². The van der Waals surface area contributed by atoms with Gasteiger partial charge in [0.1, 0.15) is 6.29 Å². The Labute approximate surface area is 108 Å². The topological polar surface area (TPSA) is 17.1 Å². The second kappa shape index (κ2) is 20.3. The number of benzene rings is 1. The van der Waals surface area contributed by atoms with Crippen molar-refractivity contribution in [3.05, 3.63) is 49.2 Å². The molecule has 0 saturated carbocycles. The Morgan fingerprint density at radius 3 is 1.24 bits per heavy atom. The highest BCUT2D eigenvalue weighted by atomic mass is 16.1. The molecule has 0 aromatic heterocycles. The van der Waals surface area contributed by atoms with Crippen molar-refractivity contribution in [2.24, 2.45) is 0 Å². The standard InChI is InChI=1S/C10H14.C2H3O.C2H6.C2H5/c1-3-9-5-7-10(4-2)8-6-9;1-2-3;2*1-2/h5-8H,3-4H2,1-2H3;2H,1H2;1-2H3;1H2,2H3. The minimum absolute atomic E-state index is 0.500. The van der Waals surface area contributed by atoms with Gasteiger partial charge in [0.15, 0.2) is 0 Å². The molecule has 0 aliphatic carbocycles. The molecule has 1 nitrogen and oxygen atoms in total. The number of carbonyl (C=O) groups excluding carboxylic acids is 1. The van der Waals surface area contributed by atoms with Gasteiger partial charge in [-0.05, 0) is 24.0 Å². The lowest BCUT2D eigenvalue weighted by Crippen LogP contribution is -1.81. The zero-order chi connectivity index (χ0) is 14.1. The highest BCUT2D eigenvalue weighted by Gasteiger charge is 1.88. The van der Waals surface area contributed by atoms with Crippen LogP contribution < -0.4 is 0 Å². The van der Waals surface area contributed by atoms with E-state index in [1.54, 1.807) is 6.92 Å². The molecule has 1 rings (SSSR count). The first-order valence-electron chi connectivity index (χ1n) is 6.29. The lowest BCUT2D eigenvalue weighted by Gasteiger charge is -1.97. The van der Waals surface area contributed by atoms with Crippen LogP contribution in [0.25, 0.3) is 0 Å². The summed E-state index contributed by atoms with van der Waals surface area (Å²) in [5.41, 5.74) is 2.86. The molecular formula is C16H28O. The molecule has 2 radical (unpaired) electrons. The Morgan fingerprint density at radius 2 is 1.12 bits per heavy atom. The Hall–Kier alpha value is -1.11. The van der Waals surface area contributed by atoms with Gasteiger partial charge in [0.25, 0.3) is 0 Å². The van der Waals surface area contributed by atoms with Crippen molar-refractivity contribution in [2.45, 2.75) is 47.5 Å². The van der Waals surface area contributed by atoms with Gasteiger partial charge < -0.3 is 4.79 Å². The number of hydrogen-bond acceptors (Lipinski definition) is 1. The summed E-state index contributed by atoms with van der Waals surface area (Å²) < 4.78 is 0. The van der Waals surface area contributed by atoms with Gasteiger partial charge in [-0.1, -0.05) is 65.8 Å². The lowest BCUT2D eigenvalue weighted by atomic mass is 10.1. The molecule has 17 heavy (non-hydrogen) atoms. The molecule has 1 aromatic carbocycles. The van der Waals surface area contributed by atoms with Crippen LogP contribution in [0, 0.1) is 13.8 Å². The third kappa shape index (κ3) is 14.9. The quantitative estimate of drug-likeness (QED) is 0.680. The van der Waals surface area contributed by atoms with Gasteiger partial charge in [0, 0.05) is 6.92 Å². The normalized spacial score (nSPS) is 7.24. The molecule has 0 fully saturated rings. The van der Waals surface area contributed by atoms with Crippen molar-refractivity contribution in [3.63, 3.8) is 0 Å². The number of hydrogen-bond donors (Lipinski definition) is 0. The molecule has 1 heteroatoms. The molecule has 0 atom stereocenters. The summed E-state index contributed by atoms with van der Waals surface area (Å²) in [6, 6.07) is 8.83. The van der Waals surface area contributed by atoms with Crippen LogP contribution in [0.5, 0.6) is 0 Å². The minimum atomic E-state index is 0.500. The average Bonchev–Trinajstić information content (AvgIpc) is 2.44. The third-order valence-corrected chi connectivity index (χ3v) is 1.84. The zero-order valence-corrected chi connectivity index (χ0v) is 12.1. The van der Waals surface area contributed by atoms with E-state index in [-0.39, 0.29) is 0 Å². The maximum absolute atomic E-state index is 8.69. The fourth-order valence-electron chi connectivity index (χ4n) is 1.01. The fourth-order valence-corrected chi connectivity index (χ4v) is 1.01. The van der Waals surface area contributed by atoms with Crippen molar-refractivity contribution < 1.29 is 4.79 Å². The zero-order valence-electron chi connectivity index (χ0n) is 12.1. The second-order valence-corrected chi connectivity index (χ2v) is 2.69. The van der Waals surface area contributed by atoms with E-state index in [2.05, 4.69) is 52.0 Å². The van der Waals surface area contributed by atoms with Crippen LogP contribution in [0.3, 0.4) is 0 Å². The molecule has 0 aliphatic rings. The summed E-state index contributed by atoms with van der Waals surface area (Å²) in [6.45, 7) is 16.2. The second-order valence-electron chi connectivity index (χ2n) is 2.69. The van der Waals surface area contributed by atoms with Gasteiger partial charge in [-0.2, -0.15) is 0 Å². The van der Waals surface area contributed by atoms with Crippen LogP contribution in [0.1, 0.15) is 45.7 Å². The van der Waals surface area contributed by atoms with Crippen LogP contribution in [0.4, 0.5) is 0 Å². The first-order chi connectivity index (χ1) is 8.28. The van der Waals surface area contributed by atoms with E-state index in [4.69, 9.17) is 4.79 Å². The van der Waals surface area contributed by atoms with Crippen LogP contribution in [0.2, 0.25) is 0 Å². The molecule has 1 aromatic rings. The van der Waals surface area contributed by atoms with E-state index in [1.165, 1.54) is 11.1 Å². The van der Waals surface area contributed by atoms with E-state index in [0.29, 0.717) is 6.29 Å². The minimum Gasteiger partial charge on any atom is -0.303 e. The summed E-state index contributed by atoms with van der Waals surface area (Å²) in [5.74, 6) is 0. The van der Waals surface area contributed by atoms with Crippen LogP contribution in [0.15, 0.2) is 24.3 Å². The summed E-state index contributed by atoms with van der Waals surface area (Å²) in [7, 11) is 0. The van der Waals surface area contributed by atoms with Crippen molar-refractivity contribution in [1.82, 2.24) is 0 Å². The van der Waals surface area contributed by atoms with Gasteiger partial charge >= 0.3 is 0 Å². The highest BCUT2D eigenvalue weighted by Crippen LogP contribution is 2.04. The first-order valence-corrected chi connectivity index (χ1v) is 6.29. The predicted molar refractivity (Wildman–Crippen MR) is 79.0 cm³/mol. The predicted octanol–water partition coefficient (Wildman–Crippen LogP) is 4.70. The molecule has 0 bridgehead atoms. The molecule has 0 heterocycles. The summed E-state index contributed by atoms with van der Waals surface area (Å²) in [4.78, 5) is 8.69. The van der Waals surface area contributed by atoms with Gasteiger partial charge in [-0.3, -0.25) is 0 Å². The largest absolute Gasteiger partial charge is 0.303 e. The fraction of sp³-hybridized carbons (Fsp3) is 0.438. The monoisotopic (exact) mass is 236 g/mol. The third-order valence-electron chi connectivity index (χ3n) is 1.84. The molecule has 0 spiro atoms. The maximum Gasteiger partial charge on any atom is 0.120 e. The van der Waals surface area contributed by atoms with Crippen molar-refractivity contribution in [3.8, 4) is 0 Å². The Morgan fingerprint density at radius 1 is 0.941 bits per heavy atom. The number of aldehydes is 1. The molecular weight excluding hydrogens is 208 g/mol. The van der Waals surface area contributed by atoms with E-state index >= 15 is 0 Å². The van der Waals surface area contributed by atoms with E-state index in [1.807, 2.05) is 13.8 Å². The SMILES string of the molecule is CC.CCc1ccc(CC)cc1.[CH2]C.[CH2]C=O. The molecule has 0 aliphatic heterocycles. The summed E-state index contributed by atoms with van der Waals surface area (Å²) >= 11 is 0. The van der Waals surface area contributed by atoms with Gasteiger partial charge in [-0.25, -0.2) is 0 Å². The van der Waals surface area contributed by atoms with Crippen LogP contribution >= 0.6 is 0 Å². The van der Waals surface area contributed by atoms with Crippen molar-refractivity contribution in [2.75, 3.05) is 0 Å². The summed E-state index contributed by atoms with van der Waals surface area (Å²) in [5, 5.41) is 0. The Balaban J connectivity index is -0.000000239. The van der Waals surface area contributed by atoms with Crippen molar-refractivity contribution in [1.29, 1.82) is 0 Å². The molecule has 0 unspecified atom stereocenters. The number of carbonyl (C=O) groups is 1. The van der Waals surface area contributed by atoms with Gasteiger partial charge in [0.2, 0.25) is 0 Å². The summed E-state index contributed by atoms with van der Waals surface area (Å²) in [6.07, 6.45) is 2.79. The van der Waals surface area contributed by atoms with Crippen molar-refractivity contribution >= 4 is 6.29 Å². The van der Waals surface area contributed by atoms with Crippen LogP contribution in [-0.2, 0) is 17.6 Å². The van der Waals surface area contributed by atoms with Gasteiger partial charge in [0.05, 0.1) is 0 Å². The van der Waals surface area contributed by atoms with Gasteiger partial charge in [-0.15, -0.1) is 0 Å². The Kier molecular flexibility index (Phi) is 25.3. The first kappa shape index (κ1) is 21.2. The molecule has 98 valence electrons. The van der Waals surface area contributed by atoms with E-state index < -0.39 is 0 Å². The molecule has 0 amide bonds. The highest BCUT2D eigenvalue weighted by molar-refractivity contribution is 5.53. The average molecular weight is 236 g/mol. The molecule has 0 saturated heterocycles. The van der Waals surface area contributed by atoms with E-state index in [9.17, 15) is 0 Å². The maximum atomic E-state index is 8.69. The van der Waals surface area contributed by atoms with E-state index in [0.717, 1.165) is 12.8 Å². The number of rotatable bonds is 2. The molecule has 0 N–H and O–H groups in total.